The van der Waals surface area contributed by atoms with Gasteiger partial charge in [-0.1, -0.05) is 69.5 Å². The minimum Gasteiger partial charge on any atom is -0.507 e. The number of fused-ring (bicyclic) bond motifs is 1. The summed E-state index contributed by atoms with van der Waals surface area (Å²) < 4.78 is 0. The Kier molecular flexibility index (Phi) is 9.31. The smallest absolute Gasteiger partial charge is 0.233 e. The molecule has 1 aromatic rings. The van der Waals surface area contributed by atoms with Crippen LogP contribution < -0.4 is 0 Å². The summed E-state index contributed by atoms with van der Waals surface area (Å²) in [5.74, 6) is -1.61. The van der Waals surface area contributed by atoms with E-state index in [0.29, 0.717) is 32.2 Å². The number of benzene rings is 1. The summed E-state index contributed by atoms with van der Waals surface area (Å²) in [5.41, 5.74) is 3.64. The van der Waals surface area contributed by atoms with E-state index in [9.17, 15) is 24.9 Å². The van der Waals surface area contributed by atoms with Crippen LogP contribution in [-0.2, 0) is 9.59 Å². The van der Waals surface area contributed by atoms with E-state index in [1.54, 1.807) is 12.1 Å². The Balaban J connectivity index is 1.88. The summed E-state index contributed by atoms with van der Waals surface area (Å²) in [5, 5.41) is 32.0. The standard InChI is InChI=1S/C29H41NO5/c1-5-9-19(15-20-10-7-8-11-24(20)32)12-13-25(33)26-21(18(3)4)16-22-27(23(26)17-31)29(35)30(14-6-2)28(22)34/h7-8,10-11,15,18,22-23,25,27,31-33H,5-6,9,12-14,16-17H2,1-4H3/b19-15+/t22-,23+,25-,27-/m1/s1. The third kappa shape index (κ3) is 5.70. The first-order chi connectivity index (χ1) is 16.7. The van der Waals surface area contributed by atoms with Gasteiger partial charge in [0, 0.05) is 18.0 Å². The molecule has 0 saturated carbocycles. The van der Waals surface area contributed by atoms with Gasteiger partial charge in [-0.05, 0) is 49.7 Å². The average Bonchev–Trinajstić information content (AvgIpc) is 3.07. The highest BCUT2D eigenvalue weighted by Crippen LogP contribution is 2.48. The average molecular weight is 484 g/mol. The van der Waals surface area contributed by atoms with Crippen molar-refractivity contribution < 1.29 is 24.9 Å². The number of para-hydroxylation sites is 1. The van der Waals surface area contributed by atoms with Crippen LogP contribution in [0.2, 0.25) is 0 Å². The Morgan fingerprint density at radius 1 is 1.11 bits per heavy atom. The molecule has 1 aromatic carbocycles. The first-order valence-corrected chi connectivity index (χ1v) is 13.1. The summed E-state index contributed by atoms with van der Waals surface area (Å²) in [7, 11) is 0. The van der Waals surface area contributed by atoms with Crippen molar-refractivity contribution in [1.29, 1.82) is 0 Å². The molecule has 2 amide bonds. The van der Waals surface area contributed by atoms with Crippen molar-refractivity contribution in [3.05, 3.63) is 46.5 Å². The largest absolute Gasteiger partial charge is 0.507 e. The van der Waals surface area contributed by atoms with Crippen molar-refractivity contribution in [3.63, 3.8) is 0 Å². The third-order valence-electron chi connectivity index (χ3n) is 7.52. The zero-order valence-electron chi connectivity index (χ0n) is 21.5. The van der Waals surface area contributed by atoms with Gasteiger partial charge in [0.2, 0.25) is 11.8 Å². The van der Waals surface area contributed by atoms with Gasteiger partial charge in [0.05, 0.1) is 24.5 Å². The number of imide groups is 1. The third-order valence-corrected chi connectivity index (χ3v) is 7.52. The van der Waals surface area contributed by atoms with E-state index < -0.39 is 23.9 Å². The maximum absolute atomic E-state index is 13.2. The molecule has 1 heterocycles. The van der Waals surface area contributed by atoms with Crippen LogP contribution in [0, 0.1) is 23.7 Å². The van der Waals surface area contributed by atoms with E-state index >= 15 is 0 Å². The van der Waals surface area contributed by atoms with Crippen LogP contribution >= 0.6 is 0 Å². The maximum atomic E-state index is 13.2. The monoisotopic (exact) mass is 483 g/mol. The van der Waals surface area contributed by atoms with Gasteiger partial charge in [-0.2, -0.15) is 0 Å². The Morgan fingerprint density at radius 3 is 2.43 bits per heavy atom. The van der Waals surface area contributed by atoms with Crippen LogP contribution in [0.4, 0.5) is 0 Å². The molecule has 0 spiro atoms. The minimum atomic E-state index is -0.807. The quantitative estimate of drug-likeness (QED) is 0.313. The molecule has 4 atom stereocenters. The Labute approximate surface area is 209 Å². The second kappa shape index (κ2) is 12.0. The Morgan fingerprint density at radius 2 is 1.83 bits per heavy atom. The summed E-state index contributed by atoms with van der Waals surface area (Å²) in [6.45, 7) is 8.26. The summed E-state index contributed by atoms with van der Waals surface area (Å²) in [6.07, 6.45) is 5.24. The van der Waals surface area contributed by atoms with Crippen LogP contribution in [0.1, 0.15) is 71.8 Å². The van der Waals surface area contributed by atoms with Gasteiger partial charge in [-0.3, -0.25) is 14.5 Å². The van der Waals surface area contributed by atoms with Gasteiger partial charge >= 0.3 is 0 Å². The van der Waals surface area contributed by atoms with Gasteiger partial charge < -0.3 is 15.3 Å². The van der Waals surface area contributed by atoms with Crippen molar-refractivity contribution in [1.82, 2.24) is 4.90 Å². The maximum Gasteiger partial charge on any atom is 0.233 e. The van der Waals surface area contributed by atoms with Gasteiger partial charge in [-0.15, -0.1) is 0 Å². The summed E-state index contributed by atoms with van der Waals surface area (Å²) in [4.78, 5) is 27.6. The lowest BCUT2D eigenvalue weighted by atomic mass is 9.66. The molecule has 0 radical (unpaired) electrons. The molecule has 3 N–H and O–H groups in total. The Hall–Kier alpha value is -2.44. The van der Waals surface area contributed by atoms with Crippen molar-refractivity contribution in [2.24, 2.45) is 23.7 Å². The first-order valence-electron chi connectivity index (χ1n) is 13.1. The number of phenolic OH excluding ortho intramolecular Hbond substituents is 1. The number of carbonyl (C=O) groups excluding carboxylic acids is 2. The number of nitrogens with zero attached hydrogens (tertiary/aromatic N) is 1. The predicted molar refractivity (Wildman–Crippen MR) is 137 cm³/mol. The van der Waals surface area contributed by atoms with E-state index in [-0.39, 0.29) is 30.1 Å². The van der Waals surface area contributed by atoms with Crippen LogP contribution in [0.3, 0.4) is 0 Å². The highest BCUT2D eigenvalue weighted by molar-refractivity contribution is 6.05. The number of amides is 2. The topological polar surface area (TPSA) is 98.1 Å². The van der Waals surface area contributed by atoms with Crippen LogP contribution in [0.5, 0.6) is 5.75 Å². The van der Waals surface area contributed by atoms with Crippen molar-refractivity contribution >= 4 is 17.9 Å². The second-order valence-electron chi connectivity index (χ2n) is 10.3. The number of aliphatic hydroxyl groups excluding tert-OH is 2. The number of aromatic hydroxyl groups is 1. The van der Waals surface area contributed by atoms with Crippen LogP contribution in [0.15, 0.2) is 41.0 Å². The molecular formula is C29H41NO5. The van der Waals surface area contributed by atoms with E-state index in [1.807, 2.05) is 39.0 Å². The van der Waals surface area contributed by atoms with Gasteiger partial charge in [0.25, 0.3) is 0 Å². The molecule has 3 rings (SSSR count). The number of hydrogen-bond donors (Lipinski definition) is 3. The van der Waals surface area contributed by atoms with E-state index in [2.05, 4.69) is 6.92 Å². The lowest BCUT2D eigenvalue weighted by Gasteiger charge is -2.38. The number of aliphatic hydroxyl groups is 2. The number of likely N-dealkylation sites (tertiary alicyclic amines) is 1. The molecule has 6 nitrogen and oxygen atoms in total. The molecule has 1 fully saturated rings. The SMILES string of the molecule is CCC/C(=C\c1ccccc1O)CC[C@@H](O)C1=C(C(C)C)C[C@H]2C(=O)N(CCC)C(=O)[C@H]2[C@H]1CO. The fraction of sp³-hybridized carbons (Fsp3) is 0.586. The van der Waals surface area contributed by atoms with Crippen molar-refractivity contribution in [2.75, 3.05) is 13.2 Å². The zero-order chi connectivity index (χ0) is 25.7. The number of allylic oxidation sites excluding steroid dienone is 2. The zero-order valence-corrected chi connectivity index (χ0v) is 21.5. The number of rotatable bonds is 11. The summed E-state index contributed by atoms with van der Waals surface area (Å²) in [6, 6.07) is 7.21. The molecule has 1 aliphatic carbocycles. The molecule has 0 bridgehead atoms. The molecule has 35 heavy (non-hydrogen) atoms. The fourth-order valence-electron chi connectivity index (χ4n) is 5.85. The van der Waals surface area contributed by atoms with E-state index in [4.69, 9.17) is 0 Å². The van der Waals surface area contributed by atoms with Gasteiger partial charge in [0.1, 0.15) is 5.75 Å². The lowest BCUT2D eigenvalue weighted by molar-refractivity contribution is -0.140. The second-order valence-corrected chi connectivity index (χ2v) is 10.3. The highest BCUT2D eigenvalue weighted by atomic mass is 16.3. The normalized spacial score (nSPS) is 23.9. The number of phenols is 1. The van der Waals surface area contributed by atoms with Crippen molar-refractivity contribution in [2.45, 2.75) is 72.3 Å². The molecule has 192 valence electrons. The molecule has 2 aliphatic rings. The van der Waals surface area contributed by atoms with E-state index in [1.165, 1.54) is 4.90 Å². The van der Waals surface area contributed by atoms with Crippen LogP contribution in [0.25, 0.3) is 6.08 Å². The van der Waals surface area contributed by atoms with Crippen LogP contribution in [-0.4, -0.2) is 51.3 Å². The fourth-order valence-corrected chi connectivity index (χ4v) is 5.85. The van der Waals surface area contributed by atoms with E-state index in [0.717, 1.165) is 35.1 Å². The molecule has 0 aromatic heterocycles. The number of carbonyl (C=O) groups is 2. The van der Waals surface area contributed by atoms with Crippen molar-refractivity contribution in [3.8, 4) is 5.75 Å². The minimum absolute atomic E-state index is 0.102. The molecular weight excluding hydrogens is 442 g/mol. The summed E-state index contributed by atoms with van der Waals surface area (Å²) >= 11 is 0. The molecule has 1 aliphatic heterocycles. The Bertz CT molecular complexity index is 979. The van der Waals surface area contributed by atoms with Gasteiger partial charge in [0.15, 0.2) is 0 Å². The lowest BCUT2D eigenvalue weighted by Crippen LogP contribution is -2.40. The van der Waals surface area contributed by atoms with Gasteiger partial charge in [-0.25, -0.2) is 0 Å². The molecule has 1 saturated heterocycles. The first kappa shape index (κ1) is 27.2. The number of hydrogen-bond acceptors (Lipinski definition) is 5. The predicted octanol–water partition coefficient (Wildman–Crippen LogP) is 4.69. The highest BCUT2D eigenvalue weighted by Gasteiger charge is 2.54. The molecule has 0 unspecified atom stereocenters. The molecule has 6 heteroatoms.